The molecule has 2 aliphatic carbocycles. The standard InChI is InChI=1S/C16H22N2O/c17-16(8-3-9-16)11-18-15(19)14-7-6-12-4-1-2-5-13(12)10-14/h1-2,4-5,14H,3,6-11,17H2,(H,18,19). The minimum Gasteiger partial charge on any atom is -0.354 e. The molecule has 0 aliphatic heterocycles. The summed E-state index contributed by atoms with van der Waals surface area (Å²) in [7, 11) is 0. The Bertz CT molecular complexity index is 479. The van der Waals surface area contributed by atoms with Crippen LogP contribution in [0.1, 0.15) is 36.8 Å². The second-order valence-corrected chi connectivity index (χ2v) is 6.14. The highest BCUT2D eigenvalue weighted by Gasteiger charge is 2.33. The van der Waals surface area contributed by atoms with Gasteiger partial charge >= 0.3 is 0 Å². The molecule has 1 aromatic rings. The minimum absolute atomic E-state index is 0.123. The molecule has 3 nitrogen and oxygen atoms in total. The summed E-state index contributed by atoms with van der Waals surface area (Å²) in [6.07, 6.45) is 6.13. The van der Waals surface area contributed by atoms with Gasteiger partial charge < -0.3 is 11.1 Å². The van der Waals surface area contributed by atoms with Crippen LogP contribution in [0.15, 0.2) is 24.3 Å². The van der Waals surface area contributed by atoms with Crippen LogP contribution >= 0.6 is 0 Å². The molecule has 3 rings (SSSR count). The molecule has 19 heavy (non-hydrogen) atoms. The summed E-state index contributed by atoms with van der Waals surface area (Å²) in [5.41, 5.74) is 8.76. The number of hydrogen-bond acceptors (Lipinski definition) is 2. The molecule has 0 bridgehead atoms. The zero-order chi connectivity index (χ0) is 13.3. The van der Waals surface area contributed by atoms with Gasteiger partial charge in [-0.25, -0.2) is 0 Å². The maximum absolute atomic E-state index is 12.2. The van der Waals surface area contributed by atoms with Gasteiger partial charge in [-0.3, -0.25) is 4.79 Å². The lowest BCUT2D eigenvalue weighted by atomic mass is 9.77. The third-order valence-corrected chi connectivity index (χ3v) is 4.68. The summed E-state index contributed by atoms with van der Waals surface area (Å²) < 4.78 is 0. The first-order chi connectivity index (χ1) is 9.16. The number of carbonyl (C=O) groups excluding carboxylic acids is 1. The van der Waals surface area contributed by atoms with E-state index in [4.69, 9.17) is 5.73 Å². The lowest BCUT2D eigenvalue weighted by Crippen LogP contribution is -2.55. The second-order valence-electron chi connectivity index (χ2n) is 6.14. The number of fused-ring (bicyclic) bond motifs is 1. The first-order valence-electron chi connectivity index (χ1n) is 7.30. The van der Waals surface area contributed by atoms with Gasteiger partial charge in [-0.15, -0.1) is 0 Å². The van der Waals surface area contributed by atoms with Crippen molar-refractivity contribution < 1.29 is 4.79 Å². The van der Waals surface area contributed by atoms with Gasteiger partial charge in [0.15, 0.2) is 0 Å². The molecule has 3 heteroatoms. The third-order valence-electron chi connectivity index (χ3n) is 4.68. The molecular formula is C16H22N2O. The molecule has 1 amide bonds. The van der Waals surface area contributed by atoms with Gasteiger partial charge in [0.05, 0.1) is 0 Å². The van der Waals surface area contributed by atoms with Crippen molar-refractivity contribution in [2.75, 3.05) is 6.54 Å². The lowest BCUT2D eigenvalue weighted by Gasteiger charge is -2.38. The van der Waals surface area contributed by atoms with E-state index in [0.717, 1.165) is 32.1 Å². The van der Waals surface area contributed by atoms with E-state index in [2.05, 4.69) is 29.6 Å². The van der Waals surface area contributed by atoms with E-state index >= 15 is 0 Å². The molecule has 0 saturated heterocycles. The summed E-state index contributed by atoms with van der Waals surface area (Å²) >= 11 is 0. The van der Waals surface area contributed by atoms with Crippen molar-refractivity contribution in [3.63, 3.8) is 0 Å². The molecule has 1 atom stereocenters. The molecule has 0 heterocycles. The van der Waals surface area contributed by atoms with Gasteiger partial charge in [-0.2, -0.15) is 0 Å². The zero-order valence-electron chi connectivity index (χ0n) is 11.3. The summed E-state index contributed by atoms with van der Waals surface area (Å²) in [4.78, 5) is 12.2. The topological polar surface area (TPSA) is 55.1 Å². The Hall–Kier alpha value is -1.35. The third kappa shape index (κ3) is 2.66. The number of nitrogens with two attached hydrogens (primary N) is 1. The van der Waals surface area contributed by atoms with Crippen LogP contribution in [-0.2, 0) is 17.6 Å². The van der Waals surface area contributed by atoms with Crippen molar-refractivity contribution in [2.45, 2.75) is 44.1 Å². The first-order valence-corrected chi connectivity index (χ1v) is 7.30. The van der Waals surface area contributed by atoms with Gasteiger partial charge in [0, 0.05) is 18.0 Å². The minimum atomic E-state index is -0.123. The Labute approximate surface area is 114 Å². The fourth-order valence-corrected chi connectivity index (χ4v) is 3.14. The molecule has 1 saturated carbocycles. The molecule has 1 unspecified atom stereocenters. The van der Waals surface area contributed by atoms with Crippen LogP contribution in [0.25, 0.3) is 0 Å². The number of benzene rings is 1. The maximum atomic E-state index is 12.2. The first kappa shape index (κ1) is 12.7. The molecule has 1 fully saturated rings. The van der Waals surface area contributed by atoms with Crippen LogP contribution in [0.5, 0.6) is 0 Å². The largest absolute Gasteiger partial charge is 0.354 e. The highest BCUT2D eigenvalue weighted by atomic mass is 16.1. The van der Waals surface area contributed by atoms with Crippen LogP contribution in [0.4, 0.5) is 0 Å². The fraction of sp³-hybridized carbons (Fsp3) is 0.562. The summed E-state index contributed by atoms with van der Waals surface area (Å²) in [5.74, 6) is 0.310. The van der Waals surface area contributed by atoms with Crippen molar-refractivity contribution in [1.82, 2.24) is 5.32 Å². The van der Waals surface area contributed by atoms with Crippen LogP contribution < -0.4 is 11.1 Å². The Kier molecular flexibility index (Phi) is 3.31. The van der Waals surface area contributed by atoms with E-state index in [1.165, 1.54) is 17.5 Å². The predicted molar refractivity (Wildman–Crippen MR) is 75.7 cm³/mol. The van der Waals surface area contributed by atoms with Gasteiger partial charge in [0.1, 0.15) is 0 Å². The summed E-state index contributed by atoms with van der Waals surface area (Å²) in [5, 5.41) is 3.06. The molecule has 0 radical (unpaired) electrons. The van der Waals surface area contributed by atoms with Crippen molar-refractivity contribution in [3.05, 3.63) is 35.4 Å². The van der Waals surface area contributed by atoms with E-state index in [-0.39, 0.29) is 17.4 Å². The van der Waals surface area contributed by atoms with Gasteiger partial charge in [0.25, 0.3) is 0 Å². The zero-order valence-corrected chi connectivity index (χ0v) is 11.3. The Morgan fingerprint density at radius 3 is 2.74 bits per heavy atom. The van der Waals surface area contributed by atoms with Crippen LogP contribution in [0, 0.1) is 5.92 Å². The van der Waals surface area contributed by atoms with Crippen LogP contribution in [0.3, 0.4) is 0 Å². The predicted octanol–water partition coefficient (Wildman–Crippen LogP) is 1.79. The SMILES string of the molecule is NC1(CNC(=O)C2CCc3ccccc3C2)CCC1. The van der Waals surface area contributed by atoms with Crippen LogP contribution in [-0.4, -0.2) is 18.0 Å². The average Bonchev–Trinajstić information content (AvgIpc) is 2.42. The fourth-order valence-electron chi connectivity index (χ4n) is 3.14. The summed E-state index contributed by atoms with van der Waals surface area (Å²) in [6, 6.07) is 8.45. The van der Waals surface area contributed by atoms with E-state index in [0.29, 0.717) is 6.54 Å². The highest BCUT2D eigenvalue weighted by molar-refractivity contribution is 5.79. The van der Waals surface area contributed by atoms with E-state index in [9.17, 15) is 4.79 Å². The normalized spacial score (nSPS) is 24.2. The van der Waals surface area contributed by atoms with Gasteiger partial charge in [-0.05, 0) is 49.7 Å². The molecule has 3 N–H and O–H groups in total. The van der Waals surface area contributed by atoms with Crippen molar-refractivity contribution in [3.8, 4) is 0 Å². The molecule has 2 aliphatic rings. The second kappa shape index (κ2) is 4.97. The number of carbonyl (C=O) groups is 1. The van der Waals surface area contributed by atoms with E-state index in [1.54, 1.807) is 0 Å². The summed E-state index contributed by atoms with van der Waals surface area (Å²) in [6.45, 7) is 0.643. The van der Waals surface area contributed by atoms with E-state index < -0.39 is 0 Å². The molecule has 1 aromatic carbocycles. The Morgan fingerprint density at radius 2 is 2.05 bits per heavy atom. The number of amides is 1. The quantitative estimate of drug-likeness (QED) is 0.868. The molecular weight excluding hydrogens is 236 g/mol. The maximum Gasteiger partial charge on any atom is 0.223 e. The van der Waals surface area contributed by atoms with Crippen molar-refractivity contribution >= 4 is 5.91 Å². The average molecular weight is 258 g/mol. The lowest BCUT2D eigenvalue weighted by molar-refractivity contribution is -0.125. The molecule has 102 valence electrons. The van der Waals surface area contributed by atoms with E-state index in [1.807, 2.05) is 0 Å². The highest BCUT2D eigenvalue weighted by Crippen LogP contribution is 2.29. The number of aryl methyl sites for hydroxylation is 1. The Balaban J connectivity index is 1.57. The number of nitrogens with one attached hydrogen (secondary N) is 1. The number of rotatable bonds is 3. The number of hydrogen-bond donors (Lipinski definition) is 2. The van der Waals surface area contributed by atoms with Gasteiger partial charge in [-0.1, -0.05) is 24.3 Å². The van der Waals surface area contributed by atoms with Crippen molar-refractivity contribution in [1.29, 1.82) is 0 Å². The van der Waals surface area contributed by atoms with Crippen molar-refractivity contribution in [2.24, 2.45) is 11.7 Å². The molecule has 0 aromatic heterocycles. The smallest absolute Gasteiger partial charge is 0.223 e. The van der Waals surface area contributed by atoms with Gasteiger partial charge in [0.2, 0.25) is 5.91 Å². The Morgan fingerprint density at radius 1 is 1.32 bits per heavy atom. The molecule has 0 spiro atoms. The van der Waals surface area contributed by atoms with Crippen LogP contribution in [0.2, 0.25) is 0 Å². The monoisotopic (exact) mass is 258 g/mol.